The minimum Gasteiger partial charge on any atom is -0.295 e. The van der Waals surface area contributed by atoms with Crippen molar-refractivity contribution in [1.82, 2.24) is 4.90 Å². The first-order chi connectivity index (χ1) is 8.70. The van der Waals surface area contributed by atoms with Gasteiger partial charge in [-0.05, 0) is 37.6 Å². The van der Waals surface area contributed by atoms with Gasteiger partial charge >= 0.3 is 0 Å². The number of rotatable bonds is 5. The lowest BCUT2D eigenvalue weighted by atomic mass is 10.1. The van der Waals surface area contributed by atoms with Gasteiger partial charge in [0.2, 0.25) is 0 Å². The van der Waals surface area contributed by atoms with Crippen LogP contribution in [0.25, 0.3) is 0 Å². The summed E-state index contributed by atoms with van der Waals surface area (Å²) >= 11 is 3.68. The van der Waals surface area contributed by atoms with Gasteiger partial charge in [0.1, 0.15) is 0 Å². The van der Waals surface area contributed by atoms with Crippen LogP contribution in [0.15, 0.2) is 29.2 Å². The molecule has 4 heteroatoms. The number of ketones is 1. The summed E-state index contributed by atoms with van der Waals surface area (Å²) in [6, 6.07) is 8.48. The number of nitrogens with zero attached hydrogens (tertiary/aromatic N) is 1. The summed E-state index contributed by atoms with van der Waals surface area (Å²) < 4.78 is 0. The summed E-state index contributed by atoms with van der Waals surface area (Å²) in [6.07, 6.45) is 3.25. The predicted octanol–water partition coefficient (Wildman–Crippen LogP) is 3.03. The van der Waals surface area contributed by atoms with E-state index >= 15 is 0 Å². The molecule has 2 rings (SSSR count). The fraction of sp³-hybridized carbons (Fsp3) is 0.500. The zero-order valence-corrected chi connectivity index (χ0v) is 12.5. The minimum absolute atomic E-state index is 0.224. The van der Waals surface area contributed by atoms with E-state index in [1.54, 1.807) is 11.8 Å². The molecule has 0 N–H and O–H groups in total. The van der Waals surface area contributed by atoms with Gasteiger partial charge in [0.15, 0.2) is 5.78 Å². The van der Waals surface area contributed by atoms with E-state index in [2.05, 4.69) is 11.9 Å². The highest BCUT2D eigenvalue weighted by molar-refractivity contribution is 7.99. The third kappa shape index (κ3) is 3.53. The lowest BCUT2D eigenvalue weighted by Gasteiger charge is -2.22. The first-order valence-corrected chi connectivity index (χ1v) is 8.54. The van der Waals surface area contributed by atoms with Crippen molar-refractivity contribution in [3.05, 3.63) is 29.8 Å². The standard InChI is InChI=1S/C14H19NOS2/c1-15(12-7-8-18-10-12)9-14(16)11-3-5-13(17-2)6-4-11/h3-6,12H,7-10H2,1-2H3. The third-order valence-electron chi connectivity index (χ3n) is 3.33. The number of benzene rings is 1. The fourth-order valence-corrected chi connectivity index (χ4v) is 3.80. The number of Topliss-reactive ketones (excluding diaryl/α,β-unsaturated/α-hetero) is 1. The van der Waals surface area contributed by atoms with Crippen LogP contribution in [0.1, 0.15) is 16.8 Å². The van der Waals surface area contributed by atoms with E-state index in [0.717, 1.165) is 11.3 Å². The molecule has 1 saturated heterocycles. The molecule has 1 aliphatic heterocycles. The molecule has 98 valence electrons. The highest BCUT2D eigenvalue weighted by Gasteiger charge is 2.21. The van der Waals surface area contributed by atoms with Crippen LogP contribution >= 0.6 is 23.5 Å². The molecular weight excluding hydrogens is 262 g/mol. The summed E-state index contributed by atoms with van der Waals surface area (Å²) in [5.41, 5.74) is 0.824. The molecule has 2 nitrogen and oxygen atoms in total. The number of hydrogen-bond donors (Lipinski definition) is 0. The maximum Gasteiger partial charge on any atom is 0.176 e. The summed E-state index contributed by atoms with van der Waals surface area (Å²) in [7, 11) is 2.06. The van der Waals surface area contributed by atoms with E-state index < -0.39 is 0 Å². The van der Waals surface area contributed by atoms with Crippen molar-refractivity contribution in [3.63, 3.8) is 0 Å². The number of carbonyl (C=O) groups excluding carboxylic acids is 1. The largest absolute Gasteiger partial charge is 0.295 e. The summed E-state index contributed by atoms with van der Waals surface area (Å²) in [6.45, 7) is 0.532. The van der Waals surface area contributed by atoms with Gasteiger partial charge in [-0.1, -0.05) is 12.1 Å². The zero-order valence-electron chi connectivity index (χ0n) is 10.9. The lowest BCUT2D eigenvalue weighted by Crippen LogP contribution is -2.35. The van der Waals surface area contributed by atoms with Crippen molar-refractivity contribution in [2.75, 3.05) is 31.4 Å². The third-order valence-corrected chi connectivity index (χ3v) is 5.22. The van der Waals surface area contributed by atoms with E-state index in [4.69, 9.17) is 0 Å². The Morgan fingerprint density at radius 2 is 2.17 bits per heavy atom. The minimum atomic E-state index is 0.224. The molecule has 0 amide bonds. The molecule has 0 aromatic heterocycles. The normalized spacial score (nSPS) is 19.4. The quantitative estimate of drug-likeness (QED) is 0.610. The average molecular weight is 281 g/mol. The Morgan fingerprint density at radius 3 is 2.72 bits per heavy atom. The van der Waals surface area contributed by atoms with Gasteiger partial charge in [-0.3, -0.25) is 9.69 Å². The molecule has 0 bridgehead atoms. The zero-order chi connectivity index (χ0) is 13.0. The second-order valence-electron chi connectivity index (χ2n) is 4.58. The molecule has 1 aromatic carbocycles. The van der Waals surface area contributed by atoms with E-state index in [-0.39, 0.29) is 5.78 Å². The van der Waals surface area contributed by atoms with Crippen LogP contribution in [-0.2, 0) is 0 Å². The lowest BCUT2D eigenvalue weighted by molar-refractivity contribution is 0.0926. The average Bonchev–Trinajstić information content (AvgIpc) is 2.92. The van der Waals surface area contributed by atoms with Crippen LogP contribution < -0.4 is 0 Å². The first kappa shape index (κ1) is 14.0. The van der Waals surface area contributed by atoms with Gasteiger partial charge in [-0.15, -0.1) is 11.8 Å². The molecule has 1 aromatic rings. The molecule has 1 heterocycles. The van der Waals surface area contributed by atoms with Crippen LogP contribution in [0.5, 0.6) is 0 Å². The summed E-state index contributed by atoms with van der Waals surface area (Å²) in [5, 5.41) is 0. The van der Waals surface area contributed by atoms with Crippen molar-refractivity contribution >= 4 is 29.3 Å². The van der Waals surface area contributed by atoms with E-state index in [0.29, 0.717) is 12.6 Å². The monoisotopic (exact) mass is 281 g/mol. The van der Waals surface area contributed by atoms with Crippen molar-refractivity contribution in [1.29, 1.82) is 0 Å². The molecular formula is C14H19NOS2. The predicted molar refractivity (Wildman–Crippen MR) is 80.9 cm³/mol. The number of hydrogen-bond acceptors (Lipinski definition) is 4. The van der Waals surface area contributed by atoms with Crippen molar-refractivity contribution in [2.45, 2.75) is 17.4 Å². The van der Waals surface area contributed by atoms with Gasteiger partial charge in [-0.2, -0.15) is 11.8 Å². The van der Waals surface area contributed by atoms with Gasteiger partial charge < -0.3 is 0 Å². The van der Waals surface area contributed by atoms with Crippen LogP contribution in [-0.4, -0.2) is 48.1 Å². The summed E-state index contributed by atoms with van der Waals surface area (Å²) in [4.78, 5) is 15.6. The number of carbonyl (C=O) groups is 1. The van der Waals surface area contributed by atoms with E-state index in [1.807, 2.05) is 42.3 Å². The van der Waals surface area contributed by atoms with E-state index in [1.165, 1.54) is 17.1 Å². The Hall–Kier alpha value is -0.450. The molecule has 18 heavy (non-hydrogen) atoms. The second kappa shape index (κ2) is 6.64. The Bertz CT molecular complexity index is 399. The van der Waals surface area contributed by atoms with E-state index in [9.17, 15) is 4.79 Å². The Balaban J connectivity index is 1.93. The molecule has 1 fully saturated rings. The SMILES string of the molecule is CSc1ccc(C(=O)CN(C)C2CCSC2)cc1. The maximum absolute atomic E-state index is 12.2. The molecule has 1 unspecified atom stereocenters. The highest BCUT2D eigenvalue weighted by atomic mass is 32.2. The molecule has 0 radical (unpaired) electrons. The Morgan fingerprint density at radius 1 is 1.44 bits per heavy atom. The molecule has 1 aliphatic rings. The van der Waals surface area contributed by atoms with Gasteiger partial charge in [0.05, 0.1) is 6.54 Å². The molecule has 0 aliphatic carbocycles. The van der Waals surface area contributed by atoms with Crippen LogP contribution in [0.2, 0.25) is 0 Å². The van der Waals surface area contributed by atoms with Gasteiger partial charge in [0, 0.05) is 22.3 Å². The summed E-state index contributed by atoms with van der Waals surface area (Å²) in [5.74, 6) is 2.61. The topological polar surface area (TPSA) is 20.3 Å². The number of likely N-dealkylation sites (N-methyl/N-ethyl adjacent to an activating group) is 1. The van der Waals surface area contributed by atoms with Crippen LogP contribution in [0, 0.1) is 0 Å². The number of thioether (sulfide) groups is 2. The van der Waals surface area contributed by atoms with Crippen molar-refractivity contribution in [2.24, 2.45) is 0 Å². The first-order valence-electron chi connectivity index (χ1n) is 6.16. The van der Waals surface area contributed by atoms with Crippen molar-refractivity contribution < 1.29 is 4.79 Å². The molecule has 0 saturated carbocycles. The highest BCUT2D eigenvalue weighted by Crippen LogP contribution is 2.21. The Labute approximate surface area is 118 Å². The van der Waals surface area contributed by atoms with Crippen LogP contribution in [0.3, 0.4) is 0 Å². The second-order valence-corrected chi connectivity index (χ2v) is 6.61. The molecule has 0 spiro atoms. The van der Waals surface area contributed by atoms with Gasteiger partial charge in [-0.25, -0.2) is 0 Å². The van der Waals surface area contributed by atoms with Crippen molar-refractivity contribution in [3.8, 4) is 0 Å². The Kier molecular flexibility index (Phi) is 5.15. The fourth-order valence-electron chi connectivity index (χ4n) is 2.09. The van der Waals surface area contributed by atoms with Gasteiger partial charge in [0.25, 0.3) is 0 Å². The van der Waals surface area contributed by atoms with Crippen LogP contribution in [0.4, 0.5) is 0 Å². The molecule has 1 atom stereocenters. The smallest absolute Gasteiger partial charge is 0.176 e. The maximum atomic E-state index is 12.2.